The van der Waals surface area contributed by atoms with Crippen LogP contribution in [0.1, 0.15) is 5.56 Å². The lowest BCUT2D eigenvalue weighted by Crippen LogP contribution is -2.09. The fraction of sp³-hybridized carbons (Fsp3) is 0.111. The van der Waals surface area contributed by atoms with E-state index in [0.29, 0.717) is 0 Å². The van der Waals surface area contributed by atoms with Gasteiger partial charge in [-0.3, -0.25) is 0 Å². The highest BCUT2D eigenvalue weighted by molar-refractivity contribution is 7.59. The largest absolute Gasteiger partial charge is 0.416 e. The van der Waals surface area contributed by atoms with Crippen LogP contribution in [0, 0.1) is 0 Å². The van der Waals surface area contributed by atoms with Crippen molar-refractivity contribution in [1.29, 1.82) is 0 Å². The van der Waals surface area contributed by atoms with E-state index < -0.39 is 11.7 Å². The molecule has 0 fully saturated rings. The van der Waals surface area contributed by atoms with E-state index >= 15 is 0 Å². The van der Waals surface area contributed by atoms with Crippen LogP contribution < -0.4 is 0 Å². The molecule has 0 atom stereocenters. The van der Waals surface area contributed by atoms with Gasteiger partial charge in [-0.1, -0.05) is 35.8 Å². The Morgan fingerprint density at radius 2 is 1.67 bits per heavy atom. The molecule has 0 heterocycles. The van der Waals surface area contributed by atoms with E-state index in [1.807, 2.05) is 0 Å². The van der Waals surface area contributed by atoms with Crippen LogP contribution in [0.15, 0.2) is 24.8 Å². The molecule has 0 saturated carbocycles. The molecule has 0 amide bonds. The van der Waals surface area contributed by atoms with Gasteiger partial charge in [0.1, 0.15) is 0 Å². The van der Waals surface area contributed by atoms with Gasteiger partial charge < -0.3 is 0 Å². The highest BCUT2D eigenvalue weighted by atomic mass is 35.5. The Balaban J connectivity index is 0.00000196. The van der Waals surface area contributed by atoms with Crippen LogP contribution in [-0.2, 0) is 0 Å². The second-order valence-electron chi connectivity index (χ2n) is 2.61. The third-order valence-corrected chi connectivity index (χ3v) is 2.35. The maximum absolute atomic E-state index is 12.2. The molecule has 84 valence electrons. The minimum absolute atomic E-state index is 0. The molecule has 1 aromatic rings. The molecule has 1 rings (SSSR count). The predicted octanol–water partition coefficient (Wildman–Crippen LogP) is 4.68. The molecule has 0 aromatic heterocycles. The summed E-state index contributed by atoms with van der Waals surface area (Å²) in [6, 6.07) is 3.67. The Kier molecular flexibility index (Phi) is 5.03. The van der Waals surface area contributed by atoms with Gasteiger partial charge in [0, 0.05) is 0 Å². The molecule has 0 unspecified atom stereocenters. The molecule has 0 N–H and O–H groups in total. The van der Waals surface area contributed by atoms with Crippen LogP contribution in [0.3, 0.4) is 0 Å². The van der Waals surface area contributed by atoms with Crippen molar-refractivity contribution in [1.82, 2.24) is 0 Å². The van der Waals surface area contributed by atoms with Gasteiger partial charge in [0.15, 0.2) is 0 Å². The van der Waals surface area contributed by atoms with Crippen molar-refractivity contribution in [3.8, 4) is 0 Å². The summed E-state index contributed by atoms with van der Waals surface area (Å²) in [6.07, 6.45) is -4.45. The zero-order chi connectivity index (χ0) is 10.9. The first-order valence-electron chi connectivity index (χ1n) is 3.54. The molecule has 0 nitrogen and oxygen atoms in total. The van der Waals surface area contributed by atoms with E-state index in [4.69, 9.17) is 23.2 Å². The van der Waals surface area contributed by atoms with Crippen molar-refractivity contribution in [3.05, 3.63) is 40.4 Å². The van der Waals surface area contributed by atoms with Crippen molar-refractivity contribution >= 4 is 42.3 Å². The second-order valence-corrected chi connectivity index (χ2v) is 3.42. The second kappa shape index (κ2) is 5.14. The maximum atomic E-state index is 12.2. The number of hydrogen-bond donors (Lipinski definition) is 0. The van der Waals surface area contributed by atoms with Crippen LogP contribution in [0.5, 0.6) is 0 Å². The first-order chi connectivity index (χ1) is 6.32. The lowest BCUT2D eigenvalue weighted by atomic mass is 10.1. The molecule has 0 aliphatic heterocycles. The van der Waals surface area contributed by atoms with Gasteiger partial charge in [-0.05, 0) is 17.7 Å². The van der Waals surface area contributed by atoms with Crippen molar-refractivity contribution in [2.75, 3.05) is 0 Å². The smallest absolute Gasteiger partial charge is 0.197 e. The maximum Gasteiger partial charge on any atom is 0.416 e. The number of rotatable bonds is 1. The van der Waals surface area contributed by atoms with Gasteiger partial charge >= 0.3 is 6.18 Å². The van der Waals surface area contributed by atoms with Crippen molar-refractivity contribution in [2.24, 2.45) is 0 Å². The first-order valence-corrected chi connectivity index (χ1v) is 4.29. The third-order valence-electron chi connectivity index (χ3n) is 1.61. The number of halogens is 5. The van der Waals surface area contributed by atoms with Crippen LogP contribution in [0.2, 0.25) is 10.0 Å². The fourth-order valence-corrected chi connectivity index (χ4v) is 1.15. The monoisotopic (exact) mass is 274 g/mol. The summed E-state index contributed by atoms with van der Waals surface area (Å²) in [7, 11) is 0. The van der Waals surface area contributed by atoms with Gasteiger partial charge in [0.25, 0.3) is 0 Å². The minimum Gasteiger partial charge on any atom is -0.197 e. The van der Waals surface area contributed by atoms with Crippen LogP contribution >= 0.6 is 36.7 Å². The highest BCUT2D eigenvalue weighted by Gasteiger charge is 2.32. The van der Waals surface area contributed by atoms with Crippen LogP contribution in [-0.4, -0.2) is 6.18 Å². The van der Waals surface area contributed by atoms with Crippen molar-refractivity contribution in [3.63, 3.8) is 0 Å². The molecular formula is C9H7Cl2F3S. The first kappa shape index (κ1) is 14.7. The molecular weight excluding hydrogens is 268 g/mol. The van der Waals surface area contributed by atoms with E-state index in [9.17, 15) is 13.2 Å². The molecule has 1 aromatic carbocycles. The Morgan fingerprint density at radius 1 is 1.13 bits per heavy atom. The topological polar surface area (TPSA) is 0 Å². The van der Waals surface area contributed by atoms with Crippen LogP contribution in [0.25, 0.3) is 5.57 Å². The SMILES string of the molecule is C=C(c1ccc(Cl)c(Cl)c1)C(F)(F)F.S. The molecule has 0 bridgehead atoms. The van der Waals surface area contributed by atoms with Crippen LogP contribution in [0.4, 0.5) is 13.2 Å². The Hall–Kier alpha value is -0.320. The zero-order valence-corrected chi connectivity index (χ0v) is 9.84. The summed E-state index contributed by atoms with van der Waals surface area (Å²) in [5, 5.41) is 0.292. The van der Waals surface area contributed by atoms with Crippen molar-refractivity contribution < 1.29 is 13.2 Å². The summed E-state index contributed by atoms with van der Waals surface area (Å²) in [4.78, 5) is 0. The van der Waals surface area contributed by atoms with Gasteiger partial charge in [-0.2, -0.15) is 26.7 Å². The molecule has 0 spiro atoms. The average molecular weight is 275 g/mol. The normalized spacial score (nSPS) is 10.7. The summed E-state index contributed by atoms with van der Waals surface area (Å²) in [5.41, 5.74) is -1.01. The quantitative estimate of drug-likeness (QED) is 0.698. The van der Waals surface area contributed by atoms with E-state index in [1.54, 1.807) is 0 Å². The van der Waals surface area contributed by atoms with Gasteiger partial charge in [-0.15, -0.1) is 0 Å². The Morgan fingerprint density at radius 3 is 2.07 bits per heavy atom. The Bertz CT molecular complexity index is 374. The molecule has 0 radical (unpaired) electrons. The summed E-state index contributed by atoms with van der Waals surface area (Å²) in [6.45, 7) is 2.94. The van der Waals surface area contributed by atoms with Gasteiger partial charge in [0.2, 0.25) is 0 Å². The highest BCUT2D eigenvalue weighted by Crippen LogP contribution is 2.34. The zero-order valence-electron chi connectivity index (χ0n) is 7.33. The summed E-state index contributed by atoms with van der Waals surface area (Å²) >= 11 is 11.1. The standard InChI is InChI=1S/C9H5Cl2F3.H2S/c1-5(9(12,13)14)6-2-3-7(10)8(11)4-6;/h2-4H,1H2;1H2. The minimum atomic E-state index is -4.45. The number of hydrogen-bond acceptors (Lipinski definition) is 0. The lowest BCUT2D eigenvalue weighted by Gasteiger charge is -2.10. The van der Waals surface area contributed by atoms with E-state index in [-0.39, 0.29) is 29.1 Å². The molecule has 0 aliphatic rings. The number of benzene rings is 1. The number of alkyl halides is 3. The Labute approximate surface area is 102 Å². The lowest BCUT2D eigenvalue weighted by molar-refractivity contribution is -0.0686. The molecule has 0 saturated heterocycles. The molecule has 6 heteroatoms. The average Bonchev–Trinajstić information content (AvgIpc) is 2.07. The predicted molar refractivity (Wildman–Crippen MR) is 61.9 cm³/mol. The number of allylic oxidation sites excluding steroid dienone is 1. The van der Waals surface area contributed by atoms with E-state index in [0.717, 1.165) is 6.07 Å². The van der Waals surface area contributed by atoms with Gasteiger partial charge in [0.05, 0.1) is 15.6 Å². The molecule has 0 aliphatic carbocycles. The van der Waals surface area contributed by atoms with Gasteiger partial charge in [-0.25, -0.2) is 0 Å². The summed E-state index contributed by atoms with van der Waals surface area (Å²) < 4.78 is 36.6. The van der Waals surface area contributed by atoms with Crippen molar-refractivity contribution in [2.45, 2.75) is 6.18 Å². The fourth-order valence-electron chi connectivity index (χ4n) is 0.848. The van der Waals surface area contributed by atoms with E-state index in [2.05, 4.69) is 6.58 Å². The summed E-state index contributed by atoms with van der Waals surface area (Å²) in [5.74, 6) is 0. The molecule has 15 heavy (non-hydrogen) atoms. The van der Waals surface area contributed by atoms with E-state index in [1.165, 1.54) is 12.1 Å². The third kappa shape index (κ3) is 3.63.